The van der Waals surface area contributed by atoms with E-state index < -0.39 is 0 Å². The van der Waals surface area contributed by atoms with Crippen LogP contribution in [-0.2, 0) is 9.47 Å². The second-order valence-corrected chi connectivity index (χ2v) is 6.65. The van der Waals surface area contributed by atoms with Gasteiger partial charge in [-0.2, -0.15) is 0 Å². The maximum absolute atomic E-state index is 6.11. The van der Waals surface area contributed by atoms with Crippen LogP contribution >= 0.6 is 0 Å². The van der Waals surface area contributed by atoms with Crippen molar-refractivity contribution in [3.8, 4) is 0 Å². The highest BCUT2D eigenvalue weighted by atomic mass is 16.5. The van der Waals surface area contributed by atoms with Gasteiger partial charge in [-0.15, -0.1) is 0 Å². The third-order valence-corrected chi connectivity index (χ3v) is 4.64. The molecule has 1 aliphatic carbocycles. The first-order valence-electron chi connectivity index (χ1n) is 7.86. The second kappa shape index (κ2) is 6.08. The predicted octanol–water partition coefficient (Wildman–Crippen LogP) is 1.21. The Hall–Kier alpha value is -0.160. The van der Waals surface area contributed by atoms with Crippen molar-refractivity contribution in [2.75, 3.05) is 46.9 Å². The molecule has 0 N–H and O–H groups in total. The lowest BCUT2D eigenvalue weighted by atomic mass is 10.0. The molecule has 2 heterocycles. The van der Waals surface area contributed by atoms with E-state index in [1.807, 2.05) is 0 Å². The van der Waals surface area contributed by atoms with E-state index in [1.54, 1.807) is 0 Å². The number of ether oxygens (including phenoxy) is 2. The average Bonchev–Trinajstić information content (AvgIpc) is 3.13. The van der Waals surface area contributed by atoms with E-state index >= 15 is 0 Å². The highest BCUT2D eigenvalue weighted by Gasteiger charge is 2.45. The zero-order valence-electron chi connectivity index (χ0n) is 12.4. The van der Waals surface area contributed by atoms with E-state index in [0.717, 1.165) is 32.2 Å². The topological polar surface area (TPSA) is 24.9 Å². The molecule has 0 aromatic carbocycles. The van der Waals surface area contributed by atoms with Crippen LogP contribution < -0.4 is 0 Å². The molecule has 0 aromatic heterocycles. The van der Waals surface area contributed by atoms with Gasteiger partial charge in [0.25, 0.3) is 0 Å². The van der Waals surface area contributed by atoms with Crippen molar-refractivity contribution in [1.82, 2.24) is 9.80 Å². The Labute approximate surface area is 117 Å². The van der Waals surface area contributed by atoms with Crippen LogP contribution in [0.15, 0.2) is 0 Å². The average molecular weight is 268 g/mol. The van der Waals surface area contributed by atoms with Crippen LogP contribution in [0.1, 0.15) is 25.7 Å². The fourth-order valence-electron chi connectivity index (χ4n) is 3.38. The van der Waals surface area contributed by atoms with Crippen LogP contribution in [0.5, 0.6) is 0 Å². The van der Waals surface area contributed by atoms with Gasteiger partial charge in [0.1, 0.15) is 6.10 Å². The van der Waals surface area contributed by atoms with Crippen LogP contribution in [0, 0.1) is 5.92 Å². The summed E-state index contributed by atoms with van der Waals surface area (Å²) in [6, 6.07) is 0.624. The fraction of sp³-hybridized carbons (Fsp3) is 1.00. The lowest BCUT2D eigenvalue weighted by Gasteiger charge is -2.32. The van der Waals surface area contributed by atoms with Gasteiger partial charge in [0.2, 0.25) is 0 Å². The molecule has 2 aliphatic heterocycles. The van der Waals surface area contributed by atoms with Crippen LogP contribution in [0.3, 0.4) is 0 Å². The summed E-state index contributed by atoms with van der Waals surface area (Å²) >= 11 is 0. The monoisotopic (exact) mass is 268 g/mol. The molecule has 3 atom stereocenters. The van der Waals surface area contributed by atoms with Gasteiger partial charge in [-0.05, 0) is 45.7 Å². The van der Waals surface area contributed by atoms with Crippen molar-refractivity contribution in [2.45, 2.75) is 43.9 Å². The molecule has 0 radical (unpaired) electrons. The predicted molar refractivity (Wildman–Crippen MR) is 75.4 cm³/mol. The molecule has 3 rings (SSSR count). The van der Waals surface area contributed by atoms with Crippen molar-refractivity contribution in [1.29, 1.82) is 0 Å². The lowest BCUT2D eigenvalue weighted by molar-refractivity contribution is -0.0785. The molecule has 2 saturated heterocycles. The molecule has 0 bridgehead atoms. The van der Waals surface area contributed by atoms with Crippen molar-refractivity contribution in [2.24, 2.45) is 5.92 Å². The second-order valence-electron chi connectivity index (χ2n) is 6.65. The molecule has 4 nitrogen and oxygen atoms in total. The largest absolute Gasteiger partial charge is 0.374 e. The third kappa shape index (κ3) is 3.48. The Kier molecular flexibility index (Phi) is 4.42. The minimum Gasteiger partial charge on any atom is -0.374 e. The van der Waals surface area contributed by atoms with Crippen LogP contribution in [0.4, 0.5) is 0 Å². The Morgan fingerprint density at radius 1 is 1.26 bits per heavy atom. The highest BCUT2D eigenvalue weighted by molar-refractivity contribution is 4.98. The first-order valence-corrected chi connectivity index (χ1v) is 7.86. The molecule has 3 aliphatic rings. The summed E-state index contributed by atoms with van der Waals surface area (Å²) < 4.78 is 12.1. The maximum Gasteiger partial charge on any atom is 0.100 e. The summed E-state index contributed by atoms with van der Waals surface area (Å²) in [7, 11) is 4.19. The van der Waals surface area contributed by atoms with E-state index in [4.69, 9.17) is 9.47 Å². The Bertz CT molecular complexity index is 294. The SMILES string of the molecule is CN(C)CCO[C@H]1CN(CC2CC2)[C@@H]2CCCO[C@H]12. The van der Waals surface area contributed by atoms with Gasteiger partial charge < -0.3 is 14.4 Å². The summed E-state index contributed by atoms with van der Waals surface area (Å²) in [6.45, 7) is 5.10. The molecule has 110 valence electrons. The number of fused-ring (bicyclic) bond motifs is 1. The number of hydrogen-bond donors (Lipinski definition) is 0. The number of rotatable bonds is 6. The first-order chi connectivity index (χ1) is 9.24. The summed E-state index contributed by atoms with van der Waals surface area (Å²) in [5.41, 5.74) is 0. The zero-order chi connectivity index (χ0) is 13.2. The number of nitrogens with zero attached hydrogens (tertiary/aromatic N) is 2. The molecule has 0 aromatic rings. The number of likely N-dealkylation sites (tertiary alicyclic amines) is 1. The van der Waals surface area contributed by atoms with Gasteiger partial charge in [0.05, 0.1) is 12.7 Å². The standard InChI is InChI=1S/C15H28N2O2/c1-16(2)7-9-18-14-11-17(10-12-5-6-12)13-4-3-8-19-15(13)14/h12-15H,3-11H2,1-2H3/t13-,14+,15+/m1/s1. The number of likely N-dealkylation sites (N-methyl/N-ethyl adjacent to an activating group) is 1. The maximum atomic E-state index is 6.11. The Morgan fingerprint density at radius 3 is 2.84 bits per heavy atom. The summed E-state index contributed by atoms with van der Waals surface area (Å²) in [4.78, 5) is 4.83. The van der Waals surface area contributed by atoms with Crippen LogP contribution in [0.2, 0.25) is 0 Å². The van der Waals surface area contributed by atoms with Gasteiger partial charge in [-0.25, -0.2) is 0 Å². The smallest absolute Gasteiger partial charge is 0.100 e. The van der Waals surface area contributed by atoms with Crippen molar-refractivity contribution in [3.63, 3.8) is 0 Å². The first kappa shape index (κ1) is 13.8. The quantitative estimate of drug-likeness (QED) is 0.723. The molecule has 0 spiro atoms. The fourth-order valence-corrected chi connectivity index (χ4v) is 3.38. The van der Waals surface area contributed by atoms with E-state index in [0.29, 0.717) is 18.2 Å². The summed E-state index contributed by atoms with van der Waals surface area (Å²) in [6.07, 6.45) is 6.00. The number of hydrogen-bond acceptors (Lipinski definition) is 4. The molecule has 0 amide bonds. The normalized spacial score (nSPS) is 35.8. The van der Waals surface area contributed by atoms with Crippen molar-refractivity contribution < 1.29 is 9.47 Å². The van der Waals surface area contributed by atoms with E-state index in [-0.39, 0.29) is 0 Å². The summed E-state index contributed by atoms with van der Waals surface area (Å²) in [5.74, 6) is 0.961. The van der Waals surface area contributed by atoms with Gasteiger partial charge in [-0.1, -0.05) is 0 Å². The molecular weight excluding hydrogens is 240 g/mol. The molecule has 1 saturated carbocycles. The van der Waals surface area contributed by atoms with Crippen LogP contribution in [0.25, 0.3) is 0 Å². The van der Waals surface area contributed by atoms with Gasteiger partial charge in [0, 0.05) is 32.3 Å². The Morgan fingerprint density at radius 2 is 2.11 bits per heavy atom. The van der Waals surface area contributed by atoms with Gasteiger partial charge in [-0.3, -0.25) is 4.90 Å². The van der Waals surface area contributed by atoms with Crippen molar-refractivity contribution in [3.05, 3.63) is 0 Å². The zero-order valence-corrected chi connectivity index (χ0v) is 12.4. The molecule has 3 fully saturated rings. The van der Waals surface area contributed by atoms with E-state index in [1.165, 1.54) is 32.2 Å². The van der Waals surface area contributed by atoms with E-state index in [9.17, 15) is 0 Å². The molecule has 0 unspecified atom stereocenters. The minimum atomic E-state index is 0.295. The van der Waals surface area contributed by atoms with Crippen molar-refractivity contribution >= 4 is 0 Å². The van der Waals surface area contributed by atoms with Gasteiger partial charge >= 0.3 is 0 Å². The Balaban J connectivity index is 1.54. The minimum absolute atomic E-state index is 0.295. The molecule has 4 heteroatoms. The molecule has 19 heavy (non-hydrogen) atoms. The summed E-state index contributed by atoms with van der Waals surface area (Å²) in [5, 5.41) is 0. The van der Waals surface area contributed by atoms with E-state index in [2.05, 4.69) is 23.9 Å². The highest BCUT2D eigenvalue weighted by Crippen LogP contribution is 2.36. The molecular formula is C15H28N2O2. The van der Waals surface area contributed by atoms with Gasteiger partial charge in [0.15, 0.2) is 0 Å². The lowest BCUT2D eigenvalue weighted by Crippen LogP contribution is -2.42. The van der Waals surface area contributed by atoms with Crippen LogP contribution in [-0.4, -0.2) is 75.0 Å². The third-order valence-electron chi connectivity index (χ3n) is 4.64.